The van der Waals surface area contributed by atoms with Crippen LogP contribution in [-0.4, -0.2) is 15.7 Å². The van der Waals surface area contributed by atoms with Gasteiger partial charge in [0.05, 0.1) is 5.69 Å². The maximum atomic E-state index is 13.7. The van der Waals surface area contributed by atoms with Crippen LogP contribution in [0.3, 0.4) is 0 Å². The van der Waals surface area contributed by atoms with Gasteiger partial charge in [0, 0.05) is 23.9 Å². The van der Waals surface area contributed by atoms with Gasteiger partial charge in [-0.2, -0.15) is 5.10 Å². The van der Waals surface area contributed by atoms with E-state index in [1.165, 1.54) is 4.68 Å². The summed E-state index contributed by atoms with van der Waals surface area (Å²) in [5, 5.41) is 7.64. The second-order valence-corrected chi connectivity index (χ2v) is 7.87. The first kappa shape index (κ1) is 22.2. The van der Waals surface area contributed by atoms with Gasteiger partial charge in [0.1, 0.15) is 5.56 Å². The van der Waals surface area contributed by atoms with Crippen molar-refractivity contribution >= 4 is 11.6 Å². The molecule has 0 saturated heterocycles. The highest BCUT2D eigenvalue weighted by atomic mass is 16.2. The number of aromatic nitrogens is 2. The Balaban J connectivity index is 1.97. The number of aryl methyl sites for hydroxylation is 3. The average Bonchev–Trinajstić information content (AvgIpc) is 2.86. The number of nitrogens with one attached hydrogen (secondary N) is 1. The van der Waals surface area contributed by atoms with Crippen LogP contribution in [0, 0.1) is 0 Å². The molecule has 0 aliphatic heterocycles. The molecule has 0 aliphatic rings. The van der Waals surface area contributed by atoms with E-state index in [9.17, 15) is 9.59 Å². The quantitative estimate of drug-likeness (QED) is 0.434. The number of benzene rings is 3. The van der Waals surface area contributed by atoms with Gasteiger partial charge in [0.25, 0.3) is 11.5 Å². The van der Waals surface area contributed by atoms with Crippen LogP contribution in [0.2, 0.25) is 0 Å². The summed E-state index contributed by atoms with van der Waals surface area (Å²) in [4.78, 5) is 27.1. The molecule has 3 aromatic carbocycles. The minimum absolute atomic E-state index is 0.0884. The predicted octanol–water partition coefficient (Wildman–Crippen LogP) is 5.49. The van der Waals surface area contributed by atoms with Crippen molar-refractivity contribution in [3.63, 3.8) is 0 Å². The third kappa shape index (κ3) is 4.35. The number of hydrogen-bond donors (Lipinski definition) is 1. The lowest BCUT2D eigenvalue weighted by Crippen LogP contribution is -2.31. The Kier molecular flexibility index (Phi) is 6.50. The van der Waals surface area contributed by atoms with E-state index in [1.54, 1.807) is 7.05 Å². The van der Waals surface area contributed by atoms with Crippen LogP contribution in [0.4, 0.5) is 5.69 Å². The lowest BCUT2D eigenvalue weighted by Gasteiger charge is -2.18. The maximum Gasteiger partial charge on any atom is 0.280 e. The van der Waals surface area contributed by atoms with Crippen molar-refractivity contribution in [1.82, 2.24) is 9.78 Å². The number of nitrogens with zero attached hydrogens (tertiary/aromatic N) is 2. The van der Waals surface area contributed by atoms with Crippen molar-refractivity contribution in [3.05, 3.63) is 106 Å². The van der Waals surface area contributed by atoms with Gasteiger partial charge in [-0.1, -0.05) is 92.7 Å². The smallest absolute Gasteiger partial charge is 0.280 e. The third-order valence-corrected chi connectivity index (χ3v) is 5.82. The van der Waals surface area contributed by atoms with Crippen LogP contribution in [0.5, 0.6) is 0 Å². The molecule has 1 aromatic heterocycles. The van der Waals surface area contributed by atoms with Crippen molar-refractivity contribution in [2.75, 3.05) is 5.32 Å². The molecular formula is C28H27N3O2. The summed E-state index contributed by atoms with van der Waals surface area (Å²) >= 11 is 0. The Labute approximate surface area is 193 Å². The predicted molar refractivity (Wildman–Crippen MR) is 134 cm³/mol. The molecule has 0 atom stereocenters. The van der Waals surface area contributed by atoms with Gasteiger partial charge in [-0.15, -0.1) is 0 Å². The van der Waals surface area contributed by atoms with Crippen molar-refractivity contribution < 1.29 is 4.79 Å². The standard InChI is InChI=1S/C28H27N3O2/c1-4-19-17-12-18-20(5-2)25(19)29-27(32)24-23(21-13-8-6-9-14-21)26(30-31(3)28(24)33)22-15-10-7-11-16-22/h6-18H,4-5H2,1-3H3,(H,29,32). The molecule has 5 nitrogen and oxygen atoms in total. The molecule has 0 bridgehead atoms. The van der Waals surface area contributed by atoms with E-state index >= 15 is 0 Å². The fourth-order valence-corrected chi connectivity index (χ4v) is 4.11. The zero-order chi connectivity index (χ0) is 23.4. The van der Waals surface area contributed by atoms with Gasteiger partial charge in [0.2, 0.25) is 0 Å². The van der Waals surface area contributed by atoms with E-state index in [1.807, 2.05) is 78.9 Å². The van der Waals surface area contributed by atoms with Crippen molar-refractivity contribution in [3.8, 4) is 22.4 Å². The first-order valence-electron chi connectivity index (χ1n) is 11.2. The fraction of sp³-hybridized carbons (Fsp3) is 0.179. The number of carbonyl (C=O) groups is 1. The molecule has 166 valence electrons. The van der Waals surface area contributed by atoms with Crippen LogP contribution < -0.4 is 10.9 Å². The number of anilines is 1. The fourth-order valence-electron chi connectivity index (χ4n) is 4.11. The highest BCUT2D eigenvalue weighted by Crippen LogP contribution is 2.33. The molecule has 4 aromatic rings. The summed E-state index contributed by atoms with van der Waals surface area (Å²) in [6.45, 7) is 4.11. The summed E-state index contributed by atoms with van der Waals surface area (Å²) in [5.41, 5.74) is 5.25. The second-order valence-electron chi connectivity index (χ2n) is 7.87. The van der Waals surface area contributed by atoms with Crippen LogP contribution in [0.15, 0.2) is 83.7 Å². The Morgan fingerprint density at radius 1 is 0.818 bits per heavy atom. The summed E-state index contributed by atoms with van der Waals surface area (Å²) < 4.78 is 1.25. The second kappa shape index (κ2) is 9.65. The van der Waals surface area contributed by atoms with Crippen molar-refractivity contribution in [2.24, 2.45) is 7.05 Å². The van der Waals surface area contributed by atoms with E-state index in [0.717, 1.165) is 40.8 Å². The molecule has 5 heteroatoms. The lowest BCUT2D eigenvalue weighted by molar-refractivity contribution is 0.102. The van der Waals surface area contributed by atoms with Crippen LogP contribution in [0.1, 0.15) is 35.3 Å². The Bertz CT molecular complexity index is 1320. The number of rotatable bonds is 6. The Morgan fingerprint density at radius 3 is 1.91 bits per heavy atom. The average molecular weight is 438 g/mol. The first-order chi connectivity index (χ1) is 16.0. The maximum absolute atomic E-state index is 13.7. The van der Waals surface area contributed by atoms with Gasteiger partial charge >= 0.3 is 0 Å². The monoisotopic (exact) mass is 437 g/mol. The molecule has 0 aliphatic carbocycles. The van der Waals surface area contributed by atoms with E-state index in [-0.39, 0.29) is 5.56 Å². The van der Waals surface area contributed by atoms with Gasteiger partial charge < -0.3 is 5.32 Å². The number of amides is 1. The van der Waals surface area contributed by atoms with Crippen LogP contribution >= 0.6 is 0 Å². The van der Waals surface area contributed by atoms with Crippen LogP contribution in [-0.2, 0) is 19.9 Å². The molecule has 33 heavy (non-hydrogen) atoms. The number of hydrogen-bond acceptors (Lipinski definition) is 3. The molecule has 0 saturated carbocycles. The molecular weight excluding hydrogens is 410 g/mol. The summed E-state index contributed by atoms with van der Waals surface area (Å²) in [5.74, 6) is -0.426. The minimum atomic E-state index is -0.432. The molecule has 0 fully saturated rings. The lowest BCUT2D eigenvalue weighted by atomic mass is 9.94. The molecule has 0 unspecified atom stereocenters. The Hall–Kier alpha value is -3.99. The molecule has 0 radical (unpaired) electrons. The normalized spacial score (nSPS) is 10.8. The van der Waals surface area contributed by atoms with Crippen LogP contribution in [0.25, 0.3) is 22.4 Å². The summed E-state index contributed by atoms with van der Waals surface area (Å²) in [7, 11) is 1.58. The molecule has 1 heterocycles. The first-order valence-corrected chi connectivity index (χ1v) is 11.2. The number of carbonyl (C=O) groups excluding carboxylic acids is 1. The zero-order valence-electron chi connectivity index (χ0n) is 19.1. The molecule has 1 amide bonds. The number of para-hydroxylation sites is 1. The van der Waals surface area contributed by atoms with Gasteiger partial charge in [0.15, 0.2) is 0 Å². The van der Waals surface area contributed by atoms with E-state index in [2.05, 4.69) is 24.3 Å². The van der Waals surface area contributed by atoms with Crippen molar-refractivity contribution in [1.29, 1.82) is 0 Å². The highest BCUT2D eigenvalue weighted by Gasteiger charge is 2.25. The van der Waals surface area contributed by atoms with E-state index < -0.39 is 11.5 Å². The zero-order valence-corrected chi connectivity index (χ0v) is 19.1. The largest absolute Gasteiger partial charge is 0.321 e. The highest BCUT2D eigenvalue weighted by molar-refractivity contribution is 6.10. The molecule has 4 rings (SSSR count). The molecule has 0 spiro atoms. The van der Waals surface area contributed by atoms with Crippen molar-refractivity contribution in [2.45, 2.75) is 26.7 Å². The topological polar surface area (TPSA) is 64.0 Å². The Morgan fingerprint density at radius 2 is 1.36 bits per heavy atom. The van der Waals surface area contributed by atoms with Gasteiger partial charge in [-0.05, 0) is 29.5 Å². The summed E-state index contributed by atoms with van der Waals surface area (Å²) in [6, 6.07) is 25.1. The SMILES string of the molecule is CCc1cccc(CC)c1NC(=O)c1c(-c2ccccc2)c(-c2ccccc2)nn(C)c1=O. The van der Waals surface area contributed by atoms with E-state index in [0.29, 0.717) is 11.3 Å². The minimum Gasteiger partial charge on any atom is -0.321 e. The van der Waals surface area contributed by atoms with E-state index in [4.69, 9.17) is 0 Å². The van der Waals surface area contributed by atoms with Gasteiger partial charge in [-0.3, -0.25) is 9.59 Å². The summed E-state index contributed by atoms with van der Waals surface area (Å²) in [6.07, 6.45) is 1.55. The molecule has 1 N–H and O–H groups in total. The van der Waals surface area contributed by atoms with Gasteiger partial charge in [-0.25, -0.2) is 4.68 Å². The third-order valence-electron chi connectivity index (χ3n) is 5.82.